The maximum Gasteiger partial charge on any atom is 0.251 e. The Labute approximate surface area is 140 Å². The molecule has 0 unspecified atom stereocenters. The molecule has 0 aliphatic carbocycles. The fraction of sp³-hybridized carbons (Fsp3) is 0.316. The summed E-state index contributed by atoms with van der Waals surface area (Å²) in [6.07, 6.45) is 0. The fourth-order valence-electron chi connectivity index (χ4n) is 2.57. The second kappa shape index (κ2) is 6.51. The summed E-state index contributed by atoms with van der Waals surface area (Å²) in [5, 5.41) is 2.90. The van der Waals surface area contributed by atoms with Gasteiger partial charge in [0.15, 0.2) is 11.5 Å². The molecule has 126 valence electrons. The monoisotopic (exact) mass is 329 g/mol. The molecule has 4 nitrogen and oxygen atoms in total. The Morgan fingerprint density at radius 3 is 2.46 bits per heavy atom. The highest BCUT2D eigenvalue weighted by molar-refractivity contribution is 5.94. The van der Waals surface area contributed by atoms with E-state index < -0.39 is 0 Å². The zero-order valence-electron chi connectivity index (χ0n) is 13.8. The summed E-state index contributed by atoms with van der Waals surface area (Å²) >= 11 is 0. The predicted molar refractivity (Wildman–Crippen MR) is 89.2 cm³/mol. The smallest absolute Gasteiger partial charge is 0.251 e. The lowest BCUT2D eigenvalue weighted by Crippen LogP contribution is -2.36. The van der Waals surface area contributed by atoms with Crippen molar-refractivity contribution in [3.05, 3.63) is 59.4 Å². The van der Waals surface area contributed by atoms with Crippen molar-refractivity contribution < 1.29 is 18.7 Å². The van der Waals surface area contributed by atoms with Crippen LogP contribution in [-0.4, -0.2) is 25.7 Å². The first-order valence-electron chi connectivity index (χ1n) is 7.90. The Morgan fingerprint density at radius 1 is 1.08 bits per heavy atom. The summed E-state index contributed by atoms with van der Waals surface area (Å²) < 4.78 is 24.1. The van der Waals surface area contributed by atoms with Gasteiger partial charge in [-0.2, -0.15) is 0 Å². The molecule has 0 saturated heterocycles. The zero-order valence-corrected chi connectivity index (χ0v) is 13.8. The summed E-state index contributed by atoms with van der Waals surface area (Å²) in [5.41, 5.74) is 1.20. The number of nitrogens with one attached hydrogen (secondary N) is 1. The molecule has 0 saturated carbocycles. The number of halogens is 1. The fourth-order valence-corrected chi connectivity index (χ4v) is 2.57. The van der Waals surface area contributed by atoms with Crippen LogP contribution >= 0.6 is 0 Å². The highest BCUT2D eigenvalue weighted by atomic mass is 19.1. The molecule has 1 aliphatic heterocycles. The molecule has 1 N–H and O–H groups in total. The Balaban J connectivity index is 1.69. The molecule has 5 heteroatoms. The number of carbonyl (C=O) groups is 1. The number of hydrogen-bond donors (Lipinski definition) is 1. The van der Waals surface area contributed by atoms with Crippen molar-refractivity contribution in [3.8, 4) is 11.5 Å². The van der Waals surface area contributed by atoms with Crippen LogP contribution in [0.15, 0.2) is 42.5 Å². The van der Waals surface area contributed by atoms with Crippen LogP contribution in [0.1, 0.15) is 29.8 Å². The van der Waals surface area contributed by atoms with Gasteiger partial charge in [0, 0.05) is 17.5 Å². The quantitative estimate of drug-likeness (QED) is 0.936. The van der Waals surface area contributed by atoms with Crippen molar-refractivity contribution in [2.45, 2.75) is 19.3 Å². The number of fused-ring (bicyclic) bond motifs is 1. The lowest BCUT2D eigenvalue weighted by atomic mass is 9.84. The Bertz CT molecular complexity index is 741. The molecule has 0 radical (unpaired) electrons. The topological polar surface area (TPSA) is 47.6 Å². The Morgan fingerprint density at radius 2 is 1.75 bits per heavy atom. The minimum Gasteiger partial charge on any atom is -0.486 e. The number of hydrogen-bond acceptors (Lipinski definition) is 3. The van der Waals surface area contributed by atoms with E-state index in [4.69, 9.17) is 9.47 Å². The van der Waals surface area contributed by atoms with Gasteiger partial charge in [-0.1, -0.05) is 19.9 Å². The van der Waals surface area contributed by atoms with Crippen molar-refractivity contribution in [2.24, 2.45) is 0 Å². The van der Waals surface area contributed by atoms with E-state index in [-0.39, 0.29) is 17.1 Å². The lowest BCUT2D eigenvalue weighted by Gasteiger charge is -2.27. The molecule has 0 aromatic heterocycles. The van der Waals surface area contributed by atoms with Gasteiger partial charge in [0.25, 0.3) is 5.91 Å². The van der Waals surface area contributed by atoms with E-state index in [1.165, 1.54) is 24.3 Å². The molecule has 1 aliphatic rings. The van der Waals surface area contributed by atoms with Gasteiger partial charge in [0.2, 0.25) is 0 Å². The van der Waals surface area contributed by atoms with Gasteiger partial charge in [-0.3, -0.25) is 4.79 Å². The third kappa shape index (κ3) is 3.50. The Hall–Kier alpha value is -2.56. The largest absolute Gasteiger partial charge is 0.486 e. The second-order valence-electron chi connectivity index (χ2n) is 6.43. The van der Waals surface area contributed by atoms with Crippen LogP contribution in [0, 0.1) is 5.82 Å². The van der Waals surface area contributed by atoms with Crippen LogP contribution in [-0.2, 0) is 5.41 Å². The highest BCUT2D eigenvalue weighted by Crippen LogP contribution is 2.34. The maximum atomic E-state index is 12.9. The molecule has 0 spiro atoms. The molecule has 0 fully saturated rings. The molecule has 1 amide bonds. The van der Waals surface area contributed by atoms with Crippen molar-refractivity contribution in [1.29, 1.82) is 0 Å². The molecule has 2 aromatic carbocycles. The number of ether oxygens (including phenoxy) is 2. The first kappa shape index (κ1) is 16.3. The molecule has 0 atom stereocenters. The molecule has 1 heterocycles. The first-order valence-corrected chi connectivity index (χ1v) is 7.90. The van der Waals surface area contributed by atoms with Crippen LogP contribution in [0.25, 0.3) is 0 Å². The van der Waals surface area contributed by atoms with E-state index in [1.807, 2.05) is 32.0 Å². The van der Waals surface area contributed by atoms with Gasteiger partial charge in [0.1, 0.15) is 19.0 Å². The van der Waals surface area contributed by atoms with E-state index in [1.54, 1.807) is 0 Å². The molecule has 3 rings (SSSR count). The third-order valence-electron chi connectivity index (χ3n) is 4.12. The molecule has 2 aromatic rings. The first-order chi connectivity index (χ1) is 11.5. The summed E-state index contributed by atoms with van der Waals surface area (Å²) in [6, 6.07) is 11.3. The SMILES string of the molecule is CC(C)(CNC(=O)c1ccc(F)cc1)c1ccc2c(c1)OCCO2. The van der Waals surface area contributed by atoms with E-state index >= 15 is 0 Å². The van der Waals surface area contributed by atoms with Crippen molar-refractivity contribution in [1.82, 2.24) is 5.32 Å². The summed E-state index contributed by atoms with van der Waals surface area (Å²) in [4.78, 5) is 12.2. The predicted octanol–water partition coefficient (Wildman–Crippen LogP) is 3.30. The molecule has 0 bridgehead atoms. The average molecular weight is 329 g/mol. The van der Waals surface area contributed by atoms with Gasteiger partial charge in [-0.15, -0.1) is 0 Å². The summed E-state index contributed by atoms with van der Waals surface area (Å²) in [5.74, 6) is 0.900. The van der Waals surface area contributed by atoms with Crippen molar-refractivity contribution in [2.75, 3.05) is 19.8 Å². The van der Waals surface area contributed by atoms with Crippen LogP contribution in [0.3, 0.4) is 0 Å². The van der Waals surface area contributed by atoms with Crippen molar-refractivity contribution in [3.63, 3.8) is 0 Å². The number of rotatable bonds is 4. The third-order valence-corrected chi connectivity index (χ3v) is 4.12. The highest BCUT2D eigenvalue weighted by Gasteiger charge is 2.24. The minimum absolute atomic E-state index is 0.222. The molecular formula is C19H20FNO3. The number of benzene rings is 2. The maximum absolute atomic E-state index is 12.9. The molecular weight excluding hydrogens is 309 g/mol. The average Bonchev–Trinajstić information content (AvgIpc) is 2.60. The van der Waals surface area contributed by atoms with Gasteiger partial charge in [-0.05, 0) is 42.0 Å². The van der Waals surface area contributed by atoms with Crippen molar-refractivity contribution >= 4 is 5.91 Å². The second-order valence-corrected chi connectivity index (χ2v) is 6.43. The van der Waals surface area contributed by atoms with Gasteiger partial charge >= 0.3 is 0 Å². The summed E-state index contributed by atoms with van der Waals surface area (Å²) in [6.45, 7) is 5.64. The van der Waals surface area contributed by atoms with Crippen LogP contribution in [0.5, 0.6) is 11.5 Å². The van der Waals surface area contributed by atoms with Gasteiger partial charge in [0.05, 0.1) is 0 Å². The van der Waals surface area contributed by atoms with E-state index in [0.717, 1.165) is 17.1 Å². The van der Waals surface area contributed by atoms with E-state index in [0.29, 0.717) is 25.3 Å². The van der Waals surface area contributed by atoms with Crippen LogP contribution in [0.2, 0.25) is 0 Å². The lowest BCUT2D eigenvalue weighted by molar-refractivity contribution is 0.0945. The van der Waals surface area contributed by atoms with E-state index in [9.17, 15) is 9.18 Å². The minimum atomic E-state index is -0.358. The van der Waals surface area contributed by atoms with Gasteiger partial charge in [-0.25, -0.2) is 4.39 Å². The molecule has 24 heavy (non-hydrogen) atoms. The normalized spacial score (nSPS) is 13.5. The van der Waals surface area contributed by atoms with E-state index in [2.05, 4.69) is 5.32 Å². The van der Waals surface area contributed by atoms with Crippen LogP contribution in [0.4, 0.5) is 4.39 Å². The standard InChI is InChI=1S/C19H20FNO3/c1-19(2,12-21-18(22)13-3-6-15(20)7-4-13)14-5-8-16-17(11-14)24-10-9-23-16/h3-8,11H,9-10,12H2,1-2H3,(H,21,22). The van der Waals surface area contributed by atoms with Crippen LogP contribution < -0.4 is 14.8 Å². The summed E-state index contributed by atoms with van der Waals surface area (Å²) in [7, 11) is 0. The number of amides is 1. The zero-order chi connectivity index (χ0) is 17.2. The van der Waals surface area contributed by atoms with Gasteiger partial charge < -0.3 is 14.8 Å². The Kier molecular flexibility index (Phi) is 4.42. The number of carbonyl (C=O) groups excluding carboxylic acids is 1.